The van der Waals surface area contributed by atoms with Crippen molar-refractivity contribution in [2.45, 2.75) is 6.92 Å². The molecule has 0 atom stereocenters. The first-order valence-corrected chi connectivity index (χ1v) is 9.94. The summed E-state index contributed by atoms with van der Waals surface area (Å²) in [7, 11) is 0. The second-order valence-electron chi connectivity index (χ2n) is 6.31. The van der Waals surface area contributed by atoms with Crippen LogP contribution in [-0.4, -0.2) is 22.0 Å². The number of phenolic OH excluding ortho intramolecular Hbond substituents is 1. The Morgan fingerprint density at radius 2 is 1.47 bits per heavy atom. The minimum Gasteiger partial charge on any atom is -0.507 e. The minimum atomic E-state index is -1.51. The van der Waals surface area contributed by atoms with Gasteiger partial charge in [-0.3, -0.25) is 4.79 Å². The molecule has 0 saturated heterocycles. The number of aromatic carboxylic acids is 1. The van der Waals surface area contributed by atoms with Gasteiger partial charge in [-0.15, -0.1) is 0 Å². The summed E-state index contributed by atoms with van der Waals surface area (Å²) >= 11 is 24.0. The minimum absolute atomic E-state index is 0.177. The van der Waals surface area contributed by atoms with Crippen LogP contribution < -0.4 is 5.32 Å². The van der Waals surface area contributed by atoms with E-state index in [9.17, 15) is 19.8 Å². The van der Waals surface area contributed by atoms with Crippen LogP contribution in [0, 0.1) is 6.92 Å². The number of carboxylic acids is 1. The number of carbonyl (C=O) groups is 2. The zero-order valence-electron chi connectivity index (χ0n) is 15.3. The summed E-state index contributed by atoms with van der Waals surface area (Å²) in [6.07, 6.45) is 0. The normalized spacial score (nSPS) is 10.7. The smallest absolute Gasteiger partial charge is 0.338 e. The third-order valence-electron chi connectivity index (χ3n) is 4.37. The number of para-hydroxylation sites is 1. The third-order valence-corrected chi connectivity index (χ3v) is 6.18. The Bertz CT molecular complexity index is 1190. The molecule has 154 valence electrons. The molecule has 0 aliphatic carbocycles. The summed E-state index contributed by atoms with van der Waals surface area (Å²) in [5, 5.41) is 21.8. The number of halogens is 4. The number of rotatable bonds is 5. The van der Waals surface area contributed by atoms with Crippen LogP contribution in [0.1, 0.15) is 31.8 Å². The van der Waals surface area contributed by atoms with Crippen LogP contribution in [-0.2, 0) is 0 Å². The van der Waals surface area contributed by atoms with Gasteiger partial charge in [0, 0.05) is 17.4 Å². The largest absolute Gasteiger partial charge is 0.507 e. The van der Waals surface area contributed by atoms with Gasteiger partial charge in [0.25, 0.3) is 0 Å². The molecule has 0 radical (unpaired) electrons. The molecule has 0 saturated carbocycles. The van der Waals surface area contributed by atoms with Crippen LogP contribution in [0.5, 0.6) is 5.75 Å². The fourth-order valence-electron chi connectivity index (χ4n) is 2.85. The van der Waals surface area contributed by atoms with Gasteiger partial charge in [0.15, 0.2) is 5.78 Å². The molecule has 0 heterocycles. The number of hydrogen-bond acceptors (Lipinski definition) is 4. The van der Waals surface area contributed by atoms with Crippen LogP contribution in [0.2, 0.25) is 20.1 Å². The lowest BCUT2D eigenvalue weighted by atomic mass is 9.97. The second-order valence-corrected chi connectivity index (χ2v) is 7.82. The number of phenols is 1. The van der Waals surface area contributed by atoms with Crippen molar-refractivity contribution in [1.29, 1.82) is 0 Å². The Morgan fingerprint density at radius 1 is 0.867 bits per heavy atom. The highest BCUT2D eigenvalue weighted by molar-refractivity contribution is 6.54. The molecule has 0 aliphatic heterocycles. The van der Waals surface area contributed by atoms with Gasteiger partial charge in [0.05, 0.1) is 36.8 Å². The Kier molecular flexibility index (Phi) is 6.48. The Morgan fingerprint density at radius 3 is 2.03 bits per heavy atom. The van der Waals surface area contributed by atoms with Crippen molar-refractivity contribution in [2.24, 2.45) is 0 Å². The Labute approximate surface area is 191 Å². The van der Waals surface area contributed by atoms with Gasteiger partial charge in [-0.2, -0.15) is 0 Å². The molecule has 0 spiro atoms. The van der Waals surface area contributed by atoms with Crippen molar-refractivity contribution in [3.8, 4) is 5.75 Å². The predicted molar refractivity (Wildman–Crippen MR) is 119 cm³/mol. The number of aromatic hydroxyl groups is 1. The van der Waals surface area contributed by atoms with Gasteiger partial charge in [0.1, 0.15) is 5.75 Å². The first-order valence-electron chi connectivity index (χ1n) is 8.43. The number of hydrogen-bond donors (Lipinski definition) is 3. The molecule has 5 nitrogen and oxygen atoms in total. The molecule has 3 aromatic carbocycles. The zero-order valence-corrected chi connectivity index (χ0v) is 18.3. The number of benzene rings is 3. The molecule has 0 fully saturated rings. The van der Waals surface area contributed by atoms with Crippen molar-refractivity contribution < 1.29 is 19.8 Å². The molecule has 3 N–H and O–H groups in total. The molecular formula is C21H13Cl4NO4. The number of carbonyl (C=O) groups excluding carboxylic acids is 1. The van der Waals surface area contributed by atoms with Crippen molar-refractivity contribution in [1.82, 2.24) is 0 Å². The Balaban J connectivity index is 2.07. The van der Waals surface area contributed by atoms with E-state index in [1.54, 1.807) is 6.07 Å². The van der Waals surface area contributed by atoms with Crippen molar-refractivity contribution in [3.63, 3.8) is 0 Å². The standard InChI is InChI=1S/C21H13Cl4NO4/c1-9-4-2-3-5-12(9)26-10-6-7-11(13(27)8-10)20(28)14-15(21(29)30)17(23)19(25)18(24)16(14)22/h2-8,26-27H,1H3,(H,29,30). The first kappa shape index (κ1) is 22.2. The molecule has 0 aliphatic rings. The highest BCUT2D eigenvalue weighted by atomic mass is 35.5. The predicted octanol–water partition coefficient (Wildman–Crippen LogP) is 6.99. The van der Waals surface area contributed by atoms with Gasteiger partial charge < -0.3 is 15.5 Å². The summed E-state index contributed by atoms with van der Waals surface area (Å²) in [6.45, 7) is 1.92. The molecule has 0 bridgehead atoms. The van der Waals surface area contributed by atoms with E-state index in [4.69, 9.17) is 46.4 Å². The van der Waals surface area contributed by atoms with Crippen molar-refractivity contribution in [2.75, 3.05) is 5.32 Å². The molecule has 9 heteroatoms. The highest BCUT2D eigenvalue weighted by Crippen LogP contribution is 2.43. The molecule has 0 aromatic heterocycles. The maximum absolute atomic E-state index is 13.1. The van der Waals surface area contributed by atoms with E-state index in [-0.39, 0.29) is 26.4 Å². The monoisotopic (exact) mass is 483 g/mol. The first-order chi connectivity index (χ1) is 14.1. The number of aryl methyl sites for hydroxylation is 1. The fourth-order valence-corrected chi connectivity index (χ4v) is 3.87. The molecule has 30 heavy (non-hydrogen) atoms. The molecule has 0 unspecified atom stereocenters. The average Bonchev–Trinajstić information content (AvgIpc) is 2.70. The lowest BCUT2D eigenvalue weighted by Crippen LogP contribution is -2.12. The fraction of sp³-hybridized carbons (Fsp3) is 0.0476. The average molecular weight is 485 g/mol. The lowest BCUT2D eigenvalue weighted by Gasteiger charge is -2.15. The van der Waals surface area contributed by atoms with Gasteiger partial charge in [-0.25, -0.2) is 4.79 Å². The van der Waals surface area contributed by atoms with Crippen molar-refractivity contribution in [3.05, 3.63) is 84.8 Å². The van der Waals surface area contributed by atoms with Gasteiger partial charge in [-0.1, -0.05) is 64.6 Å². The Hall–Kier alpha value is -2.44. The number of anilines is 2. The maximum atomic E-state index is 13.1. The van der Waals surface area contributed by atoms with E-state index in [2.05, 4.69) is 5.32 Å². The van der Waals surface area contributed by atoms with E-state index < -0.39 is 27.9 Å². The molecule has 0 amide bonds. The molecule has 3 aromatic rings. The maximum Gasteiger partial charge on any atom is 0.338 e. The van der Waals surface area contributed by atoms with Gasteiger partial charge >= 0.3 is 5.97 Å². The van der Waals surface area contributed by atoms with Crippen LogP contribution >= 0.6 is 46.4 Å². The second kappa shape index (κ2) is 8.74. The third kappa shape index (κ3) is 4.07. The SMILES string of the molecule is Cc1ccccc1Nc1ccc(C(=O)c2c(Cl)c(Cl)c(Cl)c(Cl)c2C(=O)O)c(O)c1. The van der Waals surface area contributed by atoms with E-state index >= 15 is 0 Å². The quantitative estimate of drug-likeness (QED) is 0.206. The van der Waals surface area contributed by atoms with E-state index in [1.165, 1.54) is 12.1 Å². The number of nitrogens with one attached hydrogen (secondary N) is 1. The molecule has 3 rings (SSSR count). The van der Waals surface area contributed by atoms with Crippen LogP contribution in [0.4, 0.5) is 11.4 Å². The summed E-state index contributed by atoms with van der Waals surface area (Å²) in [6, 6.07) is 11.8. The summed E-state index contributed by atoms with van der Waals surface area (Å²) in [5.74, 6) is -2.76. The topological polar surface area (TPSA) is 86.6 Å². The van der Waals surface area contributed by atoms with Gasteiger partial charge in [0.2, 0.25) is 0 Å². The lowest BCUT2D eigenvalue weighted by molar-refractivity contribution is 0.0693. The van der Waals surface area contributed by atoms with E-state index in [0.29, 0.717) is 5.69 Å². The number of ketones is 1. The highest BCUT2D eigenvalue weighted by Gasteiger charge is 2.30. The summed E-state index contributed by atoms with van der Waals surface area (Å²) in [4.78, 5) is 24.8. The summed E-state index contributed by atoms with van der Waals surface area (Å²) in [5.41, 5.74) is 1.10. The van der Waals surface area contributed by atoms with Crippen LogP contribution in [0.25, 0.3) is 0 Å². The van der Waals surface area contributed by atoms with E-state index in [1.807, 2.05) is 31.2 Å². The zero-order chi connectivity index (χ0) is 22.2. The molecular weight excluding hydrogens is 472 g/mol. The van der Waals surface area contributed by atoms with Crippen LogP contribution in [0.3, 0.4) is 0 Å². The van der Waals surface area contributed by atoms with Crippen LogP contribution in [0.15, 0.2) is 42.5 Å². The van der Waals surface area contributed by atoms with Gasteiger partial charge in [-0.05, 0) is 30.7 Å². The number of carboxylic acid groups (broad SMARTS) is 1. The van der Waals surface area contributed by atoms with E-state index in [0.717, 1.165) is 11.3 Å². The summed E-state index contributed by atoms with van der Waals surface area (Å²) < 4.78 is 0. The van der Waals surface area contributed by atoms with Crippen molar-refractivity contribution >= 4 is 69.5 Å².